The van der Waals surface area contributed by atoms with E-state index in [4.69, 9.17) is 15.6 Å². The number of imidazole rings is 1. The summed E-state index contributed by atoms with van der Waals surface area (Å²) in [6.07, 6.45) is 1.33. The summed E-state index contributed by atoms with van der Waals surface area (Å²) in [6.45, 7) is -0.517. The molecule has 0 saturated heterocycles. The van der Waals surface area contributed by atoms with Gasteiger partial charge in [-0.25, -0.2) is 9.78 Å². The second-order valence-electron chi connectivity index (χ2n) is 3.21. The molecule has 0 unspecified atom stereocenters. The number of anilines is 1. The maximum Gasteiger partial charge on any atom is 0.329 e. The van der Waals surface area contributed by atoms with Crippen molar-refractivity contribution < 1.29 is 14.6 Å². The summed E-state index contributed by atoms with van der Waals surface area (Å²) in [7, 11) is 0. The molecule has 9 nitrogen and oxygen atoms in total. The van der Waals surface area contributed by atoms with Gasteiger partial charge in [0.05, 0.1) is 6.33 Å². The molecule has 2 aromatic heterocycles. The number of hydrogen-bond acceptors (Lipinski definition) is 6. The van der Waals surface area contributed by atoms with Crippen LogP contribution in [0.15, 0.2) is 11.1 Å². The van der Waals surface area contributed by atoms with E-state index in [9.17, 15) is 9.59 Å². The van der Waals surface area contributed by atoms with Crippen molar-refractivity contribution >= 4 is 23.1 Å². The second-order valence-corrected chi connectivity index (χ2v) is 3.21. The average molecular weight is 242 g/mol. The monoisotopic (exact) mass is 242 g/mol. The number of carbonyl (C=O) groups is 1. The van der Waals surface area contributed by atoms with Crippen molar-refractivity contribution in [2.75, 3.05) is 12.3 Å². The number of nitrogen functional groups attached to an aromatic ring is 1. The molecule has 4 N–H and O–H groups in total. The number of aliphatic carboxylic acids is 1. The molecule has 0 fully saturated rings. The van der Waals surface area contributed by atoms with Crippen LogP contribution < -0.4 is 11.3 Å². The van der Waals surface area contributed by atoms with Crippen molar-refractivity contribution in [1.82, 2.24) is 19.5 Å². The molecule has 0 saturated carbocycles. The number of nitrogens with zero attached hydrogens (tertiary/aromatic N) is 3. The highest BCUT2D eigenvalue weighted by atomic mass is 16.5. The van der Waals surface area contributed by atoms with Crippen molar-refractivity contribution in [3.63, 3.8) is 0 Å². The molecule has 0 amide bonds. The van der Waals surface area contributed by atoms with Crippen LogP contribution in [0.3, 0.4) is 0 Å². The van der Waals surface area contributed by atoms with E-state index < -0.39 is 18.1 Å². The van der Waals surface area contributed by atoms with Crippen LogP contribution in [-0.2, 0) is 16.3 Å². The second kappa shape index (κ2) is 4.22. The number of nitrogens with two attached hydrogens (primary N) is 1. The number of nitrogens with one attached hydrogen (secondary N) is 1. The summed E-state index contributed by atoms with van der Waals surface area (Å²) in [5, 5.41) is 8.40. The lowest BCUT2D eigenvalue weighted by molar-refractivity contribution is -0.143. The van der Waals surface area contributed by atoms with E-state index in [-0.39, 0.29) is 23.8 Å². The maximum atomic E-state index is 11.4. The fourth-order valence-electron chi connectivity index (χ4n) is 1.30. The summed E-state index contributed by atoms with van der Waals surface area (Å²) >= 11 is 0. The summed E-state index contributed by atoms with van der Waals surface area (Å²) in [4.78, 5) is 31.7. The number of aromatic amines is 1. The van der Waals surface area contributed by atoms with E-state index in [0.717, 1.165) is 0 Å². The third-order valence-electron chi connectivity index (χ3n) is 1.95. The van der Waals surface area contributed by atoms with Gasteiger partial charge in [0, 0.05) is 0 Å². The Morgan fingerprint density at radius 1 is 1.65 bits per heavy atom. The molecule has 0 radical (unpaired) electrons. The predicted molar refractivity (Wildman–Crippen MR) is 56.1 cm³/mol. The van der Waals surface area contributed by atoms with E-state index in [1.165, 1.54) is 10.9 Å². The normalized spacial score (nSPS) is 10.8. The number of rotatable bonds is 4. The van der Waals surface area contributed by atoms with Crippen LogP contribution in [0, 0.1) is 0 Å². The summed E-state index contributed by atoms with van der Waals surface area (Å²) in [6, 6.07) is 0. The summed E-state index contributed by atoms with van der Waals surface area (Å²) < 4.78 is 6.25. The molecule has 0 bridgehead atoms. The Bertz CT molecular complexity index is 616. The van der Waals surface area contributed by atoms with Crippen LogP contribution >= 0.6 is 0 Å². The Morgan fingerprint density at radius 2 is 2.41 bits per heavy atom. The highest BCUT2D eigenvalue weighted by molar-refractivity contribution is 5.70. The molecule has 0 aliphatic rings. The van der Waals surface area contributed by atoms with Crippen LogP contribution in [0.1, 0.15) is 0 Å². The van der Waals surface area contributed by atoms with Gasteiger partial charge in [-0.15, -0.1) is 0 Å². The van der Waals surface area contributed by atoms with Gasteiger partial charge in [0.1, 0.15) is 13.3 Å². The Labute approximate surface area is 93.9 Å². The Morgan fingerprint density at radius 3 is 3.12 bits per heavy atom. The van der Waals surface area contributed by atoms with Crippen LogP contribution in [0.4, 0.5) is 5.95 Å². The topological polar surface area (TPSA) is 136 Å². The largest absolute Gasteiger partial charge is 0.480 e. The molecule has 9 heteroatoms. The molecule has 0 aliphatic heterocycles. The molecule has 2 rings (SSSR count). The molecule has 2 heterocycles. The van der Waals surface area contributed by atoms with E-state index in [1.54, 1.807) is 0 Å². The van der Waals surface area contributed by atoms with E-state index in [0.29, 0.717) is 0 Å². The lowest BCUT2D eigenvalue weighted by atomic mass is 10.7. The highest BCUT2D eigenvalue weighted by Crippen LogP contribution is 2.06. The Balaban J connectivity index is 2.29. The standard InChI is InChI=1S/C8H9N5O4/c9-8-11-6-5(7(16)12-8)10-2-13(6)3-17-1-4(14)15/h2H,1,3H2,(H,14,15)(H3,9,11,12,16)/i5+1,6+1,10+1. The SMILES string of the molecule is Nc1n[13c]2[13c]([15n]cn2COCC(=O)O)c(=O)[nH]1. The number of carboxylic acids is 1. The van der Waals surface area contributed by atoms with E-state index in [1.807, 2.05) is 0 Å². The van der Waals surface area contributed by atoms with Gasteiger partial charge in [0.25, 0.3) is 5.56 Å². The molecular formula is C8H9N5O4. The summed E-state index contributed by atoms with van der Waals surface area (Å²) in [5.74, 6) is -1.12. The van der Waals surface area contributed by atoms with Gasteiger partial charge < -0.3 is 15.6 Å². The first kappa shape index (κ1) is 11.1. The van der Waals surface area contributed by atoms with Crippen LogP contribution in [0.25, 0.3) is 11.2 Å². The van der Waals surface area contributed by atoms with Crippen LogP contribution in [0.2, 0.25) is 0 Å². The minimum atomic E-state index is -1.08. The van der Waals surface area contributed by atoms with Gasteiger partial charge >= 0.3 is 5.97 Å². The average Bonchev–Trinajstić information content (AvgIpc) is 2.61. The quantitative estimate of drug-likeness (QED) is 0.609. The zero-order valence-electron chi connectivity index (χ0n) is 8.58. The fraction of sp³-hybridized carbons (Fsp3) is 0.250. The van der Waals surface area contributed by atoms with Crippen molar-refractivity contribution in [1.29, 1.82) is 0 Å². The molecule has 0 aliphatic carbocycles. The number of fused-ring (bicyclic) bond motifs is 1. The van der Waals surface area contributed by atoms with Crippen molar-refractivity contribution in [3.8, 4) is 0 Å². The van der Waals surface area contributed by atoms with Gasteiger partial charge in [-0.2, -0.15) is 4.98 Å². The van der Waals surface area contributed by atoms with Gasteiger partial charge in [0.15, 0.2) is 11.2 Å². The molecule has 17 heavy (non-hydrogen) atoms. The van der Waals surface area contributed by atoms with Crippen molar-refractivity contribution in [3.05, 3.63) is 16.7 Å². The molecule has 0 atom stereocenters. The smallest absolute Gasteiger partial charge is 0.329 e. The van der Waals surface area contributed by atoms with Crippen molar-refractivity contribution in [2.24, 2.45) is 0 Å². The molecule has 2 aromatic rings. The van der Waals surface area contributed by atoms with Gasteiger partial charge in [-0.05, 0) is 0 Å². The third-order valence-corrected chi connectivity index (χ3v) is 1.95. The number of aromatic nitrogens is 4. The molecular weight excluding hydrogens is 233 g/mol. The Hall–Kier alpha value is -2.42. The number of carboxylic acid groups (broad SMARTS) is 1. The number of hydrogen-bond donors (Lipinski definition) is 3. The van der Waals surface area contributed by atoms with Gasteiger partial charge in [0.2, 0.25) is 5.95 Å². The molecule has 0 spiro atoms. The highest BCUT2D eigenvalue weighted by Gasteiger charge is 2.09. The van der Waals surface area contributed by atoms with Crippen LogP contribution in [-0.4, -0.2) is 37.2 Å². The Kier molecular flexibility index (Phi) is 2.75. The molecule has 0 aromatic carbocycles. The fourth-order valence-corrected chi connectivity index (χ4v) is 1.30. The summed E-state index contributed by atoms with van der Waals surface area (Å²) in [5.41, 5.74) is 5.30. The number of ether oxygens (including phenoxy) is 1. The van der Waals surface area contributed by atoms with Crippen molar-refractivity contribution in [2.45, 2.75) is 6.73 Å². The first-order valence-corrected chi connectivity index (χ1v) is 4.58. The van der Waals surface area contributed by atoms with Gasteiger partial charge in [-0.1, -0.05) is 0 Å². The molecule has 90 valence electrons. The minimum Gasteiger partial charge on any atom is -0.480 e. The van der Waals surface area contributed by atoms with E-state index >= 15 is 0 Å². The first-order chi connectivity index (χ1) is 8.08. The predicted octanol–water partition coefficient (Wildman–Crippen LogP) is -1.24. The zero-order chi connectivity index (χ0) is 12.4. The lowest BCUT2D eigenvalue weighted by Gasteiger charge is -2.03. The lowest BCUT2D eigenvalue weighted by Crippen LogP contribution is -2.14. The zero-order valence-corrected chi connectivity index (χ0v) is 8.58. The maximum absolute atomic E-state index is 11.4. The van der Waals surface area contributed by atoms with E-state index in [2.05, 4.69) is 15.0 Å². The minimum absolute atomic E-state index is 0.0394. The van der Waals surface area contributed by atoms with Gasteiger partial charge in [-0.3, -0.25) is 14.3 Å². The first-order valence-electron chi connectivity index (χ1n) is 4.58. The number of H-pyrrole nitrogens is 1. The third kappa shape index (κ3) is 2.23. The van der Waals surface area contributed by atoms with Crippen LogP contribution in [0.5, 0.6) is 0 Å².